The van der Waals surface area contributed by atoms with Crippen LogP contribution in [0.3, 0.4) is 0 Å². The second-order valence-corrected chi connectivity index (χ2v) is 7.22. The largest absolute Gasteiger partial charge is 0.494 e. The van der Waals surface area contributed by atoms with Gasteiger partial charge < -0.3 is 10.1 Å². The van der Waals surface area contributed by atoms with Gasteiger partial charge in [-0.15, -0.1) is 0 Å². The molecule has 0 saturated carbocycles. The Morgan fingerprint density at radius 1 is 0.815 bits per heavy atom. The van der Waals surface area contributed by atoms with Crippen molar-refractivity contribution >= 4 is 5.69 Å². The highest BCUT2D eigenvalue weighted by Crippen LogP contribution is 2.19. The molecule has 0 unspecified atom stereocenters. The molecule has 0 heterocycles. The maximum Gasteiger partial charge on any atom is 0.121 e. The predicted molar refractivity (Wildman–Crippen MR) is 115 cm³/mol. The van der Waals surface area contributed by atoms with E-state index in [9.17, 15) is 0 Å². The van der Waals surface area contributed by atoms with E-state index >= 15 is 0 Å². The van der Waals surface area contributed by atoms with Crippen molar-refractivity contribution in [2.75, 3.05) is 11.9 Å². The number of hydrogen-bond donors (Lipinski definition) is 1. The van der Waals surface area contributed by atoms with Gasteiger partial charge in [0, 0.05) is 18.3 Å². The molecule has 0 aliphatic heterocycles. The van der Waals surface area contributed by atoms with Gasteiger partial charge in [0.1, 0.15) is 5.75 Å². The third-order valence-corrected chi connectivity index (χ3v) is 4.70. The molecule has 0 amide bonds. The second kappa shape index (κ2) is 9.82. The van der Waals surface area contributed by atoms with Gasteiger partial charge in [-0.05, 0) is 47.6 Å². The van der Waals surface area contributed by atoms with Gasteiger partial charge in [0.25, 0.3) is 0 Å². The molecule has 0 aliphatic rings. The van der Waals surface area contributed by atoms with Crippen LogP contribution in [0.15, 0.2) is 78.9 Å². The lowest BCUT2D eigenvalue weighted by molar-refractivity contribution is 0.311. The van der Waals surface area contributed by atoms with Gasteiger partial charge in [0.2, 0.25) is 0 Å². The molecule has 2 heteroatoms. The van der Waals surface area contributed by atoms with Crippen LogP contribution < -0.4 is 10.1 Å². The van der Waals surface area contributed by atoms with Gasteiger partial charge in [0.05, 0.1) is 6.61 Å². The number of ether oxygens (including phenoxy) is 1. The molecule has 0 aromatic heterocycles. The maximum absolute atomic E-state index is 5.92. The number of benzene rings is 3. The lowest BCUT2D eigenvalue weighted by Gasteiger charge is -2.11. The molecule has 140 valence electrons. The van der Waals surface area contributed by atoms with Crippen LogP contribution in [0.5, 0.6) is 5.75 Å². The molecule has 27 heavy (non-hydrogen) atoms. The summed E-state index contributed by atoms with van der Waals surface area (Å²) < 4.78 is 5.92. The fraction of sp³-hybridized carbons (Fsp3) is 0.280. The molecular weight excluding hydrogens is 330 g/mol. The Morgan fingerprint density at radius 3 is 2.33 bits per heavy atom. The van der Waals surface area contributed by atoms with Crippen LogP contribution in [0.4, 0.5) is 5.69 Å². The minimum absolute atomic E-state index is 0.572. The van der Waals surface area contributed by atoms with Gasteiger partial charge in [-0.2, -0.15) is 0 Å². The molecule has 0 radical (unpaired) electrons. The summed E-state index contributed by atoms with van der Waals surface area (Å²) in [7, 11) is 0. The van der Waals surface area contributed by atoms with E-state index in [-0.39, 0.29) is 0 Å². The van der Waals surface area contributed by atoms with Crippen molar-refractivity contribution in [2.24, 2.45) is 0 Å². The summed E-state index contributed by atoms with van der Waals surface area (Å²) in [5, 5.41) is 3.49. The van der Waals surface area contributed by atoms with Crippen LogP contribution in [0.2, 0.25) is 0 Å². The number of hydrogen-bond acceptors (Lipinski definition) is 2. The van der Waals surface area contributed by atoms with Crippen LogP contribution in [-0.4, -0.2) is 6.61 Å². The molecule has 3 aromatic carbocycles. The average Bonchev–Trinajstić information content (AvgIpc) is 2.71. The first-order chi connectivity index (χ1) is 13.2. The first-order valence-electron chi connectivity index (χ1n) is 9.80. The average molecular weight is 360 g/mol. The van der Waals surface area contributed by atoms with E-state index in [0.29, 0.717) is 5.92 Å². The van der Waals surface area contributed by atoms with Gasteiger partial charge in [-0.25, -0.2) is 0 Å². The third-order valence-electron chi connectivity index (χ3n) is 4.70. The highest BCUT2D eigenvalue weighted by molar-refractivity contribution is 5.48. The van der Waals surface area contributed by atoms with Crippen molar-refractivity contribution in [3.05, 3.63) is 95.6 Å². The summed E-state index contributed by atoms with van der Waals surface area (Å²) in [6.45, 7) is 5.99. The molecule has 0 atom stereocenters. The fourth-order valence-corrected chi connectivity index (χ4v) is 3.03. The standard InChI is InChI=1S/C25H29NO/c1-20(2)23-15-13-22(14-16-23)19-26-24-11-6-12-25(18-24)27-17-7-10-21-8-4-3-5-9-21/h3-6,8-9,11-16,18,20,26H,7,10,17,19H2,1-2H3. The van der Waals surface area contributed by atoms with Gasteiger partial charge in [-0.3, -0.25) is 0 Å². The van der Waals surface area contributed by atoms with E-state index in [0.717, 1.165) is 37.4 Å². The van der Waals surface area contributed by atoms with Gasteiger partial charge in [-0.1, -0.05) is 74.5 Å². The van der Waals surface area contributed by atoms with E-state index in [1.165, 1.54) is 16.7 Å². The first kappa shape index (κ1) is 19.0. The highest BCUT2D eigenvalue weighted by Gasteiger charge is 2.01. The lowest BCUT2D eigenvalue weighted by atomic mass is 10.0. The van der Waals surface area contributed by atoms with Crippen molar-refractivity contribution in [1.82, 2.24) is 0 Å². The Labute approximate surface area is 163 Å². The smallest absolute Gasteiger partial charge is 0.121 e. The molecule has 3 aromatic rings. The Balaban J connectivity index is 1.45. The molecule has 0 saturated heterocycles. The Bertz CT molecular complexity index is 809. The summed E-state index contributed by atoms with van der Waals surface area (Å²) >= 11 is 0. The van der Waals surface area contributed by atoms with Crippen LogP contribution in [0, 0.1) is 0 Å². The molecular formula is C25H29NO. The molecule has 0 aliphatic carbocycles. The van der Waals surface area contributed by atoms with E-state index in [1.807, 2.05) is 12.1 Å². The second-order valence-electron chi connectivity index (χ2n) is 7.22. The molecule has 0 spiro atoms. The van der Waals surface area contributed by atoms with Crippen molar-refractivity contribution in [1.29, 1.82) is 0 Å². The number of anilines is 1. The molecule has 0 bridgehead atoms. The first-order valence-corrected chi connectivity index (χ1v) is 9.80. The Hall–Kier alpha value is -2.74. The van der Waals surface area contributed by atoms with Crippen LogP contribution in [0.25, 0.3) is 0 Å². The van der Waals surface area contributed by atoms with Crippen molar-refractivity contribution in [3.63, 3.8) is 0 Å². The monoisotopic (exact) mass is 359 g/mol. The molecule has 3 rings (SSSR count). The number of aryl methyl sites for hydroxylation is 1. The van der Waals surface area contributed by atoms with E-state index in [1.54, 1.807) is 0 Å². The van der Waals surface area contributed by atoms with E-state index in [2.05, 4.69) is 85.9 Å². The SMILES string of the molecule is CC(C)c1ccc(CNc2cccc(OCCCc3ccccc3)c2)cc1. The molecule has 0 fully saturated rings. The third kappa shape index (κ3) is 6.18. The summed E-state index contributed by atoms with van der Waals surface area (Å²) in [6.07, 6.45) is 2.06. The maximum atomic E-state index is 5.92. The minimum atomic E-state index is 0.572. The van der Waals surface area contributed by atoms with Crippen molar-refractivity contribution in [2.45, 2.75) is 39.2 Å². The van der Waals surface area contributed by atoms with Crippen molar-refractivity contribution in [3.8, 4) is 5.75 Å². The molecule has 1 N–H and O–H groups in total. The van der Waals surface area contributed by atoms with Crippen LogP contribution in [-0.2, 0) is 13.0 Å². The quantitative estimate of drug-likeness (QED) is 0.444. The van der Waals surface area contributed by atoms with Crippen molar-refractivity contribution < 1.29 is 4.74 Å². The minimum Gasteiger partial charge on any atom is -0.494 e. The van der Waals surface area contributed by atoms with Gasteiger partial charge >= 0.3 is 0 Å². The Morgan fingerprint density at radius 2 is 1.59 bits per heavy atom. The number of nitrogens with one attached hydrogen (secondary N) is 1. The van der Waals surface area contributed by atoms with Crippen LogP contribution >= 0.6 is 0 Å². The summed E-state index contributed by atoms with van der Waals surface area (Å²) in [5.41, 5.74) is 5.11. The lowest BCUT2D eigenvalue weighted by Crippen LogP contribution is -2.02. The van der Waals surface area contributed by atoms with Crippen LogP contribution in [0.1, 0.15) is 42.9 Å². The Kier molecular flexibility index (Phi) is 6.92. The zero-order valence-electron chi connectivity index (χ0n) is 16.3. The van der Waals surface area contributed by atoms with E-state index < -0.39 is 0 Å². The van der Waals surface area contributed by atoms with E-state index in [4.69, 9.17) is 4.74 Å². The molecule has 2 nitrogen and oxygen atoms in total. The summed E-state index contributed by atoms with van der Waals surface area (Å²) in [5.74, 6) is 1.49. The topological polar surface area (TPSA) is 21.3 Å². The summed E-state index contributed by atoms with van der Waals surface area (Å²) in [6, 6.07) is 27.6. The zero-order chi connectivity index (χ0) is 18.9. The predicted octanol–water partition coefficient (Wildman–Crippen LogP) is 6.43. The van der Waals surface area contributed by atoms with Gasteiger partial charge in [0.15, 0.2) is 0 Å². The highest BCUT2D eigenvalue weighted by atomic mass is 16.5. The fourth-order valence-electron chi connectivity index (χ4n) is 3.03. The zero-order valence-corrected chi connectivity index (χ0v) is 16.3. The summed E-state index contributed by atoms with van der Waals surface area (Å²) in [4.78, 5) is 0. The normalized spacial score (nSPS) is 10.8. The number of rotatable bonds is 9.